The van der Waals surface area contributed by atoms with Crippen LogP contribution in [0.15, 0.2) is 72.8 Å². The van der Waals surface area contributed by atoms with Crippen LogP contribution in [0.25, 0.3) is 0 Å². The van der Waals surface area contributed by atoms with Gasteiger partial charge in [-0.15, -0.1) is 0 Å². The largest absolute Gasteiger partial charge is 0.496 e. The molecule has 0 aliphatic carbocycles. The zero-order chi connectivity index (χ0) is 16.1. The van der Waals surface area contributed by atoms with Crippen molar-refractivity contribution in [1.82, 2.24) is 0 Å². The molecule has 0 radical (unpaired) electrons. The Morgan fingerprint density at radius 3 is 2.09 bits per heavy atom. The zero-order valence-corrected chi connectivity index (χ0v) is 12.9. The quantitative estimate of drug-likeness (QED) is 0.702. The highest BCUT2D eigenvalue weighted by Crippen LogP contribution is 2.23. The Labute approximate surface area is 135 Å². The van der Waals surface area contributed by atoms with Gasteiger partial charge in [-0.3, -0.25) is 0 Å². The fourth-order valence-corrected chi connectivity index (χ4v) is 2.47. The molecule has 1 N–H and O–H groups in total. The van der Waals surface area contributed by atoms with Gasteiger partial charge in [-0.25, -0.2) is 4.39 Å². The lowest BCUT2D eigenvalue weighted by Gasteiger charge is -2.10. The summed E-state index contributed by atoms with van der Waals surface area (Å²) in [4.78, 5) is 0. The molecule has 0 atom stereocenters. The van der Waals surface area contributed by atoms with Crippen molar-refractivity contribution in [3.63, 3.8) is 0 Å². The first-order valence-electron chi connectivity index (χ1n) is 7.48. The second kappa shape index (κ2) is 6.97. The number of hydrogen-bond donors (Lipinski definition) is 1. The maximum Gasteiger partial charge on any atom is 0.123 e. The van der Waals surface area contributed by atoms with Gasteiger partial charge in [0.15, 0.2) is 0 Å². The maximum absolute atomic E-state index is 12.9. The average Bonchev–Trinajstić information content (AvgIpc) is 2.59. The van der Waals surface area contributed by atoms with E-state index in [1.54, 1.807) is 19.2 Å². The summed E-state index contributed by atoms with van der Waals surface area (Å²) in [5.74, 6) is 0.670. The summed E-state index contributed by atoms with van der Waals surface area (Å²) in [5, 5.41) is 3.25. The topological polar surface area (TPSA) is 21.3 Å². The first-order chi connectivity index (χ1) is 11.2. The molecule has 23 heavy (non-hydrogen) atoms. The molecule has 3 heteroatoms. The van der Waals surface area contributed by atoms with Crippen LogP contribution in [0, 0.1) is 5.82 Å². The second-order valence-corrected chi connectivity index (χ2v) is 5.32. The fraction of sp³-hybridized carbons (Fsp3) is 0.100. The normalized spacial score (nSPS) is 10.3. The Kier molecular flexibility index (Phi) is 4.57. The molecule has 116 valence electrons. The van der Waals surface area contributed by atoms with Gasteiger partial charge < -0.3 is 10.1 Å². The lowest BCUT2D eigenvalue weighted by molar-refractivity contribution is 0.410. The number of anilines is 2. The van der Waals surface area contributed by atoms with E-state index in [0.29, 0.717) is 0 Å². The molecule has 2 nitrogen and oxygen atoms in total. The number of halogens is 1. The van der Waals surface area contributed by atoms with Crippen LogP contribution in [0.1, 0.15) is 11.1 Å². The highest BCUT2D eigenvalue weighted by molar-refractivity contribution is 5.59. The molecule has 0 aliphatic heterocycles. The first kappa shape index (κ1) is 15.1. The highest BCUT2D eigenvalue weighted by atomic mass is 19.1. The molecule has 0 aliphatic rings. The zero-order valence-electron chi connectivity index (χ0n) is 12.9. The number of ether oxygens (including phenoxy) is 1. The van der Waals surface area contributed by atoms with Gasteiger partial charge >= 0.3 is 0 Å². The third-order valence-electron chi connectivity index (χ3n) is 3.67. The Morgan fingerprint density at radius 2 is 1.43 bits per heavy atom. The highest BCUT2D eigenvalue weighted by Gasteiger charge is 2.03. The average molecular weight is 307 g/mol. The Hall–Kier alpha value is -2.81. The van der Waals surface area contributed by atoms with Gasteiger partial charge in [0.05, 0.1) is 7.11 Å². The minimum atomic E-state index is -0.234. The van der Waals surface area contributed by atoms with Crippen LogP contribution in [0.3, 0.4) is 0 Å². The SMILES string of the molecule is COc1ccccc1Cc1ccc(Nc2ccc(F)cc2)cc1. The molecule has 0 amide bonds. The summed E-state index contributed by atoms with van der Waals surface area (Å²) in [6.45, 7) is 0. The van der Waals surface area contributed by atoms with Gasteiger partial charge in [0.25, 0.3) is 0 Å². The van der Waals surface area contributed by atoms with Crippen LogP contribution in [-0.2, 0) is 6.42 Å². The van der Waals surface area contributed by atoms with Crippen molar-refractivity contribution >= 4 is 11.4 Å². The summed E-state index contributed by atoms with van der Waals surface area (Å²) < 4.78 is 18.3. The van der Waals surface area contributed by atoms with Crippen LogP contribution < -0.4 is 10.1 Å². The number of methoxy groups -OCH3 is 1. The van der Waals surface area contributed by atoms with Crippen LogP contribution in [0.4, 0.5) is 15.8 Å². The summed E-state index contributed by atoms with van der Waals surface area (Å²) >= 11 is 0. The van der Waals surface area contributed by atoms with E-state index >= 15 is 0 Å². The maximum atomic E-state index is 12.9. The molecule has 0 spiro atoms. The summed E-state index contributed by atoms with van der Waals surface area (Å²) in [6.07, 6.45) is 0.820. The molecule has 0 aromatic heterocycles. The molecule has 0 fully saturated rings. The smallest absolute Gasteiger partial charge is 0.123 e. The minimum absolute atomic E-state index is 0.234. The van der Waals surface area contributed by atoms with Crippen molar-refractivity contribution in [2.24, 2.45) is 0 Å². The second-order valence-electron chi connectivity index (χ2n) is 5.32. The van der Waals surface area contributed by atoms with E-state index in [1.165, 1.54) is 17.7 Å². The number of para-hydroxylation sites is 1. The number of nitrogens with one attached hydrogen (secondary N) is 1. The van der Waals surface area contributed by atoms with Crippen molar-refractivity contribution < 1.29 is 9.13 Å². The summed E-state index contributed by atoms with van der Waals surface area (Å²) in [7, 11) is 1.69. The van der Waals surface area contributed by atoms with Crippen molar-refractivity contribution in [2.45, 2.75) is 6.42 Å². The summed E-state index contributed by atoms with van der Waals surface area (Å²) in [5.41, 5.74) is 4.21. The molecule has 3 aromatic carbocycles. The van der Waals surface area contributed by atoms with Crippen molar-refractivity contribution in [3.05, 3.63) is 89.7 Å². The number of rotatable bonds is 5. The van der Waals surface area contributed by atoms with Gasteiger partial charge in [0.2, 0.25) is 0 Å². The van der Waals surface area contributed by atoms with E-state index in [9.17, 15) is 4.39 Å². The molecular formula is C20H18FNO. The van der Waals surface area contributed by atoms with E-state index in [0.717, 1.165) is 29.1 Å². The Morgan fingerprint density at radius 1 is 0.826 bits per heavy atom. The van der Waals surface area contributed by atoms with E-state index in [4.69, 9.17) is 4.74 Å². The van der Waals surface area contributed by atoms with Crippen molar-refractivity contribution in [1.29, 1.82) is 0 Å². The van der Waals surface area contributed by atoms with Gasteiger partial charge in [-0.05, 0) is 53.6 Å². The van der Waals surface area contributed by atoms with E-state index < -0.39 is 0 Å². The standard InChI is InChI=1S/C20H18FNO/c1-23-20-5-3-2-4-16(20)14-15-6-10-18(11-7-15)22-19-12-8-17(21)9-13-19/h2-13,22H,14H2,1H3. The van der Waals surface area contributed by atoms with E-state index in [1.807, 2.05) is 30.3 Å². The van der Waals surface area contributed by atoms with Crippen LogP contribution in [0.2, 0.25) is 0 Å². The molecule has 0 saturated heterocycles. The Bertz CT molecular complexity index is 766. The lowest BCUT2D eigenvalue weighted by atomic mass is 10.0. The van der Waals surface area contributed by atoms with Crippen molar-refractivity contribution in [2.75, 3.05) is 12.4 Å². The number of benzene rings is 3. The van der Waals surface area contributed by atoms with Gasteiger partial charge in [0.1, 0.15) is 11.6 Å². The molecular weight excluding hydrogens is 289 g/mol. The molecule has 3 aromatic rings. The van der Waals surface area contributed by atoms with Crippen LogP contribution in [-0.4, -0.2) is 7.11 Å². The predicted molar refractivity (Wildman–Crippen MR) is 91.9 cm³/mol. The lowest BCUT2D eigenvalue weighted by Crippen LogP contribution is -1.94. The fourth-order valence-electron chi connectivity index (χ4n) is 2.47. The predicted octanol–water partition coefficient (Wildman–Crippen LogP) is 5.17. The Balaban J connectivity index is 1.70. The van der Waals surface area contributed by atoms with E-state index in [2.05, 4.69) is 23.5 Å². The molecule has 3 rings (SSSR count). The number of hydrogen-bond acceptors (Lipinski definition) is 2. The van der Waals surface area contributed by atoms with Crippen LogP contribution in [0.5, 0.6) is 5.75 Å². The van der Waals surface area contributed by atoms with Crippen LogP contribution >= 0.6 is 0 Å². The van der Waals surface area contributed by atoms with Crippen molar-refractivity contribution in [3.8, 4) is 5.75 Å². The molecule has 0 bridgehead atoms. The third-order valence-corrected chi connectivity index (χ3v) is 3.67. The first-order valence-corrected chi connectivity index (χ1v) is 7.48. The molecule has 0 heterocycles. The monoisotopic (exact) mass is 307 g/mol. The van der Waals surface area contributed by atoms with Gasteiger partial charge in [0, 0.05) is 17.8 Å². The minimum Gasteiger partial charge on any atom is -0.496 e. The summed E-state index contributed by atoms with van der Waals surface area (Å²) in [6, 6.07) is 22.6. The van der Waals surface area contributed by atoms with E-state index in [-0.39, 0.29) is 5.82 Å². The molecule has 0 saturated carbocycles. The van der Waals surface area contributed by atoms with Gasteiger partial charge in [-0.2, -0.15) is 0 Å². The molecule has 0 unspecified atom stereocenters. The van der Waals surface area contributed by atoms with Gasteiger partial charge in [-0.1, -0.05) is 30.3 Å². The third kappa shape index (κ3) is 3.89.